The van der Waals surface area contributed by atoms with Crippen LogP contribution in [0.4, 0.5) is 10.1 Å². The van der Waals surface area contributed by atoms with Gasteiger partial charge in [-0.25, -0.2) is 4.39 Å². The highest BCUT2D eigenvalue weighted by Crippen LogP contribution is 2.22. The monoisotopic (exact) mass is 340 g/mol. The summed E-state index contributed by atoms with van der Waals surface area (Å²) in [5, 5.41) is 2.72. The summed E-state index contributed by atoms with van der Waals surface area (Å²) >= 11 is 3.34. The van der Waals surface area contributed by atoms with Gasteiger partial charge in [-0.05, 0) is 41.1 Å². The Kier molecular flexibility index (Phi) is 4.44. The molecule has 20 heavy (non-hydrogen) atoms. The van der Waals surface area contributed by atoms with Gasteiger partial charge >= 0.3 is 0 Å². The molecule has 0 aliphatic rings. The fourth-order valence-electron chi connectivity index (χ4n) is 1.86. The van der Waals surface area contributed by atoms with Crippen LogP contribution in [-0.4, -0.2) is 17.6 Å². The topological polar surface area (TPSA) is 43.3 Å². The number of halogens is 2. The lowest BCUT2D eigenvalue weighted by atomic mass is 10.2. The normalized spacial score (nSPS) is 10.4. The maximum absolute atomic E-state index is 13.3. The molecule has 0 fully saturated rings. The molecule has 1 heterocycles. The van der Waals surface area contributed by atoms with E-state index in [0.717, 1.165) is 4.47 Å². The van der Waals surface area contributed by atoms with Crippen LogP contribution in [0.2, 0.25) is 0 Å². The standard InChI is InChI=1S/C14H14BrFN2O2/c1-3-18-8-9(15)6-12(18)14(19)17-10-4-5-11(16)13(7-10)20-2/h4-8H,3H2,1-2H3,(H,17,19). The molecule has 0 atom stereocenters. The lowest BCUT2D eigenvalue weighted by Gasteiger charge is -2.09. The van der Waals surface area contributed by atoms with Crippen molar-refractivity contribution >= 4 is 27.5 Å². The van der Waals surface area contributed by atoms with Gasteiger partial charge in [-0.1, -0.05) is 0 Å². The molecule has 0 unspecified atom stereocenters. The molecular formula is C14H14BrFN2O2. The number of amides is 1. The van der Waals surface area contributed by atoms with E-state index in [1.165, 1.54) is 25.3 Å². The second kappa shape index (κ2) is 6.09. The summed E-state index contributed by atoms with van der Waals surface area (Å²) in [6.07, 6.45) is 1.83. The number of hydrogen-bond donors (Lipinski definition) is 1. The molecular weight excluding hydrogens is 327 g/mol. The average Bonchev–Trinajstić information content (AvgIpc) is 2.82. The Balaban J connectivity index is 2.23. The molecule has 1 aromatic carbocycles. The number of hydrogen-bond acceptors (Lipinski definition) is 2. The molecule has 0 radical (unpaired) electrons. The van der Waals surface area contributed by atoms with E-state index in [2.05, 4.69) is 21.2 Å². The number of benzene rings is 1. The first-order chi connectivity index (χ1) is 9.55. The van der Waals surface area contributed by atoms with Gasteiger partial charge in [-0.15, -0.1) is 0 Å². The van der Waals surface area contributed by atoms with E-state index in [4.69, 9.17) is 4.74 Å². The average molecular weight is 341 g/mol. The van der Waals surface area contributed by atoms with Crippen molar-refractivity contribution in [1.82, 2.24) is 4.57 Å². The van der Waals surface area contributed by atoms with Crippen LogP contribution in [0.3, 0.4) is 0 Å². The molecule has 0 saturated carbocycles. The number of aromatic nitrogens is 1. The van der Waals surface area contributed by atoms with Crippen LogP contribution in [0.15, 0.2) is 34.9 Å². The van der Waals surface area contributed by atoms with Gasteiger partial charge in [0.05, 0.1) is 7.11 Å². The highest BCUT2D eigenvalue weighted by molar-refractivity contribution is 9.10. The van der Waals surface area contributed by atoms with Crippen LogP contribution in [0, 0.1) is 5.82 Å². The minimum Gasteiger partial charge on any atom is -0.494 e. The minimum atomic E-state index is -0.467. The van der Waals surface area contributed by atoms with Gasteiger partial charge in [0, 0.05) is 29.0 Å². The quantitative estimate of drug-likeness (QED) is 0.922. The van der Waals surface area contributed by atoms with Gasteiger partial charge < -0.3 is 14.6 Å². The van der Waals surface area contributed by atoms with Gasteiger partial charge in [-0.3, -0.25) is 4.79 Å². The zero-order chi connectivity index (χ0) is 14.7. The molecule has 1 amide bonds. The number of aryl methyl sites for hydroxylation is 1. The van der Waals surface area contributed by atoms with Crippen LogP contribution in [0.1, 0.15) is 17.4 Å². The molecule has 0 aliphatic carbocycles. The van der Waals surface area contributed by atoms with Crippen molar-refractivity contribution in [3.05, 3.63) is 46.4 Å². The molecule has 1 aromatic heterocycles. The molecule has 2 aromatic rings. The Labute approximate surface area is 124 Å². The predicted molar refractivity (Wildman–Crippen MR) is 78.7 cm³/mol. The van der Waals surface area contributed by atoms with Crippen molar-refractivity contribution in [1.29, 1.82) is 0 Å². The predicted octanol–water partition coefficient (Wildman–Crippen LogP) is 3.67. The molecule has 6 heteroatoms. The number of nitrogens with one attached hydrogen (secondary N) is 1. The summed E-state index contributed by atoms with van der Waals surface area (Å²) < 4.78 is 20.8. The summed E-state index contributed by atoms with van der Waals surface area (Å²) in [6.45, 7) is 2.63. The van der Waals surface area contributed by atoms with Crippen molar-refractivity contribution in [2.24, 2.45) is 0 Å². The molecule has 106 valence electrons. The van der Waals surface area contributed by atoms with Crippen LogP contribution < -0.4 is 10.1 Å². The summed E-state index contributed by atoms with van der Waals surface area (Å²) in [4.78, 5) is 12.2. The largest absolute Gasteiger partial charge is 0.494 e. The van der Waals surface area contributed by atoms with E-state index in [9.17, 15) is 9.18 Å². The molecule has 1 N–H and O–H groups in total. The third kappa shape index (κ3) is 3.01. The molecule has 0 spiro atoms. The second-order valence-electron chi connectivity index (χ2n) is 4.13. The van der Waals surface area contributed by atoms with E-state index < -0.39 is 5.82 Å². The van der Waals surface area contributed by atoms with Crippen LogP contribution in [0.5, 0.6) is 5.75 Å². The molecule has 0 aliphatic heterocycles. The smallest absolute Gasteiger partial charge is 0.272 e. The molecule has 4 nitrogen and oxygen atoms in total. The van der Waals surface area contributed by atoms with Crippen molar-refractivity contribution in [3.63, 3.8) is 0 Å². The molecule has 0 bridgehead atoms. The zero-order valence-electron chi connectivity index (χ0n) is 11.1. The second-order valence-corrected chi connectivity index (χ2v) is 5.05. The lowest BCUT2D eigenvalue weighted by molar-refractivity contribution is 0.101. The van der Waals surface area contributed by atoms with Gasteiger partial charge in [0.15, 0.2) is 11.6 Å². The van der Waals surface area contributed by atoms with Gasteiger partial charge in [0.1, 0.15) is 5.69 Å². The van der Waals surface area contributed by atoms with E-state index >= 15 is 0 Å². The minimum absolute atomic E-state index is 0.0925. The third-order valence-electron chi connectivity index (χ3n) is 2.85. The van der Waals surface area contributed by atoms with Crippen LogP contribution >= 0.6 is 15.9 Å². The first kappa shape index (κ1) is 14.6. The number of rotatable bonds is 4. The maximum atomic E-state index is 13.3. The van der Waals surface area contributed by atoms with Crippen molar-refractivity contribution in [2.75, 3.05) is 12.4 Å². The molecule has 2 rings (SSSR count). The maximum Gasteiger partial charge on any atom is 0.272 e. The summed E-state index contributed by atoms with van der Waals surface area (Å²) in [5.74, 6) is -0.633. The van der Waals surface area contributed by atoms with Gasteiger partial charge in [0.25, 0.3) is 5.91 Å². The first-order valence-corrected chi connectivity index (χ1v) is 6.85. The number of carbonyl (C=O) groups is 1. The Morgan fingerprint density at radius 1 is 1.45 bits per heavy atom. The Hall–Kier alpha value is -1.82. The molecule has 0 saturated heterocycles. The van der Waals surface area contributed by atoms with Crippen LogP contribution in [-0.2, 0) is 6.54 Å². The van der Waals surface area contributed by atoms with E-state index in [1.807, 2.05) is 17.7 Å². The first-order valence-electron chi connectivity index (χ1n) is 6.05. The fraction of sp³-hybridized carbons (Fsp3) is 0.214. The number of nitrogens with zero attached hydrogens (tertiary/aromatic N) is 1. The number of carbonyl (C=O) groups excluding carboxylic acids is 1. The SMILES string of the molecule is CCn1cc(Br)cc1C(=O)Nc1ccc(F)c(OC)c1. The Morgan fingerprint density at radius 2 is 2.20 bits per heavy atom. The van der Waals surface area contributed by atoms with Crippen LogP contribution in [0.25, 0.3) is 0 Å². The number of ether oxygens (including phenoxy) is 1. The van der Waals surface area contributed by atoms with Gasteiger partial charge in [0.2, 0.25) is 0 Å². The van der Waals surface area contributed by atoms with Crippen molar-refractivity contribution in [3.8, 4) is 5.75 Å². The lowest BCUT2D eigenvalue weighted by Crippen LogP contribution is -2.16. The third-order valence-corrected chi connectivity index (χ3v) is 3.28. The highest BCUT2D eigenvalue weighted by atomic mass is 79.9. The summed E-state index contributed by atoms with van der Waals surface area (Å²) in [7, 11) is 1.38. The van der Waals surface area contributed by atoms with Crippen molar-refractivity contribution in [2.45, 2.75) is 13.5 Å². The Bertz CT molecular complexity index is 640. The zero-order valence-corrected chi connectivity index (χ0v) is 12.7. The van der Waals surface area contributed by atoms with E-state index in [1.54, 1.807) is 6.07 Å². The highest BCUT2D eigenvalue weighted by Gasteiger charge is 2.13. The number of anilines is 1. The Morgan fingerprint density at radius 3 is 2.85 bits per heavy atom. The van der Waals surface area contributed by atoms with E-state index in [0.29, 0.717) is 17.9 Å². The summed E-state index contributed by atoms with van der Waals surface area (Å²) in [6, 6.07) is 5.92. The summed E-state index contributed by atoms with van der Waals surface area (Å²) in [5.41, 5.74) is 1.01. The number of methoxy groups -OCH3 is 1. The van der Waals surface area contributed by atoms with Crippen molar-refractivity contribution < 1.29 is 13.9 Å². The van der Waals surface area contributed by atoms with E-state index in [-0.39, 0.29) is 11.7 Å². The van der Waals surface area contributed by atoms with Gasteiger partial charge in [-0.2, -0.15) is 0 Å². The fourth-order valence-corrected chi connectivity index (χ4v) is 2.32.